The van der Waals surface area contributed by atoms with E-state index in [0.29, 0.717) is 22.1 Å². The SMILES string of the molecule is Cn1c(=O)c(C=Nc2nc3ccccc3n3nnnc23)c(O)c2ccccc21. The van der Waals surface area contributed by atoms with Crippen molar-refractivity contribution in [3.63, 3.8) is 0 Å². The van der Waals surface area contributed by atoms with Gasteiger partial charge in [-0.05, 0) is 34.7 Å². The predicted molar refractivity (Wildman–Crippen MR) is 104 cm³/mol. The van der Waals surface area contributed by atoms with Crippen LogP contribution in [-0.4, -0.2) is 40.9 Å². The molecule has 0 spiro atoms. The van der Waals surface area contributed by atoms with Gasteiger partial charge < -0.3 is 9.67 Å². The van der Waals surface area contributed by atoms with E-state index in [-0.39, 0.29) is 22.7 Å². The molecular weight excluding hydrogens is 358 g/mol. The minimum atomic E-state index is -0.364. The van der Waals surface area contributed by atoms with Crippen LogP contribution in [0.25, 0.3) is 27.6 Å². The van der Waals surface area contributed by atoms with E-state index < -0.39 is 0 Å². The molecule has 0 aliphatic carbocycles. The van der Waals surface area contributed by atoms with Crippen molar-refractivity contribution in [1.29, 1.82) is 0 Å². The van der Waals surface area contributed by atoms with Gasteiger partial charge in [0.2, 0.25) is 5.65 Å². The molecule has 0 unspecified atom stereocenters. The van der Waals surface area contributed by atoms with Crippen molar-refractivity contribution in [2.75, 3.05) is 0 Å². The Hall–Kier alpha value is -4.14. The molecule has 9 heteroatoms. The summed E-state index contributed by atoms with van der Waals surface area (Å²) in [5, 5.41) is 22.8. The second-order valence-electron chi connectivity index (χ2n) is 6.24. The Labute approximate surface area is 157 Å². The second-order valence-corrected chi connectivity index (χ2v) is 6.24. The maximum absolute atomic E-state index is 12.7. The molecule has 0 amide bonds. The van der Waals surface area contributed by atoms with Crippen LogP contribution in [0.3, 0.4) is 0 Å². The molecule has 0 atom stereocenters. The van der Waals surface area contributed by atoms with Crippen LogP contribution in [0.2, 0.25) is 0 Å². The van der Waals surface area contributed by atoms with Gasteiger partial charge in [-0.2, -0.15) is 4.52 Å². The standard InChI is InChI=1S/C19H13N7O2/c1-25-14-8-4-2-6-11(14)16(27)12(19(25)28)10-20-17-18-22-23-24-26(18)15-9-5-3-7-13(15)21-17/h2-10,27H,1H3. The van der Waals surface area contributed by atoms with Crippen molar-refractivity contribution in [2.24, 2.45) is 12.0 Å². The number of pyridine rings is 1. The van der Waals surface area contributed by atoms with Crippen molar-refractivity contribution >= 4 is 39.6 Å². The number of benzene rings is 2. The van der Waals surface area contributed by atoms with Crippen LogP contribution < -0.4 is 5.56 Å². The third kappa shape index (κ3) is 2.26. The average molecular weight is 371 g/mol. The number of aliphatic imine (C=N–C) groups is 1. The van der Waals surface area contributed by atoms with Gasteiger partial charge in [0, 0.05) is 18.6 Å². The smallest absolute Gasteiger partial charge is 0.263 e. The second kappa shape index (κ2) is 5.95. The van der Waals surface area contributed by atoms with Gasteiger partial charge in [-0.25, -0.2) is 9.98 Å². The van der Waals surface area contributed by atoms with Gasteiger partial charge in [0.15, 0.2) is 5.82 Å². The molecule has 0 saturated heterocycles. The fourth-order valence-corrected chi connectivity index (χ4v) is 3.22. The van der Waals surface area contributed by atoms with E-state index in [9.17, 15) is 9.90 Å². The van der Waals surface area contributed by atoms with Crippen molar-refractivity contribution in [3.05, 3.63) is 64.4 Å². The average Bonchev–Trinajstić information content (AvgIpc) is 3.22. The van der Waals surface area contributed by atoms with Gasteiger partial charge >= 0.3 is 0 Å². The zero-order valence-corrected chi connectivity index (χ0v) is 14.7. The van der Waals surface area contributed by atoms with Gasteiger partial charge in [-0.15, -0.1) is 5.10 Å². The minimum absolute atomic E-state index is 0.0711. The molecule has 5 rings (SSSR count). The summed E-state index contributed by atoms with van der Waals surface area (Å²) in [6.07, 6.45) is 1.30. The third-order valence-corrected chi connectivity index (χ3v) is 4.63. The number of rotatable bonds is 2. The molecule has 0 fully saturated rings. The van der Waals surface area contributed by atoms with Gasteiger partial charge in [-0.1, -0.05) is 24.3 Å². The molecule has 0 aliphatic rings. The van der Waals surface area contributed by atoms with Gasteiger partial charge in [0.1, 0.15) is 11.3 Å². The Morgan fingerprint density at radius 2 is 1.82 bits per heavy atom. The molecular formula is C19H13N7O2. The van der Waals surface area contributed by atoms with Gasteiger partial charge in [0.05, 0.1) is 16.6 Å². The molecule has 0 radical (unpaired) electrons. The first-order chi connectivity index (χ1) is 13.6. The van der Waals surface area contributed by atoms with Crippen LogP contribution in [0, 0.1) is 0 Å². The highest BCUT2D eigenvalue weighted by atomic mass is 16.3. The number of hydrogen-bond acceptors (Lipinski definition) is 7. The zero-order chi connectivity index (χ0) is 19.3. The molecule has 28 heavy (non-hydrogen) atoms. The van der Waals surface area contributed by atoms with E-state index in [2.05, 4.69) is 25.5 Å². The summed E-state index contributed by atoms with van der Waals surface area (Å²) in [6, 6.07) is 14.5. The summed E-state index contributed by atoms with van der Waals surface area (Å²) >= 11 is 0. The van der Waals surface area contributed by atoms with E-state index in [1.54, 1.807) is 25.2 Å². The topological polar surface area (TPSA) is 111 Å². The van der Waals surface area contributed by atoms with Crippen molar-refractivity contribution in [3.8, 4) is 5.75 Å². The highest BCUT2D eigenvalue weighted by Crippen LogP contribution is 2.26. The Morgan fingerprint density at radius 1 is 1.07 bits per heavy atom. The molecule has 3 heterocycles. The van der Waals surface area contributed by atoms with E-state index in [0.717, 1.165) is 5.52 Å². The summed E-state index contributed by atoms with van der Waals surface area (Å²) < 4.78 is 3.01. The number of aromatic nitrogens is 6. The van der Waals surface area contributed by atoms with Gasteiger partial charge in [-0.3, -0.25) is 4.79 Å². The van der Waals surface area contributed by atoms with E-state index in [4.69, 9.17) is 0 Å². The number of hydrogen-bond donors (Lipinski definition) is 1. The number of aromatic hydroxyl groups is 1. The number of tetrazole rings is 1. The highest BCUT2D eigenvalue weighted by molar-refractivity contribution is 5.96. The van der Waals surface area contributed by atoms with Crippen LogP contribution in [0.1, 0.15) is 5.56 Å². The van der Waals surface area contributed by atoms with Crippen molar-refractivity contribution in [1.82, 2.24) is 29.6 Å². The number of fused-ring (bicyclic) bond motifs is 4. The van der Waals surface area contributed by atoms with Crippen LogP contribution in [0.15, 0.2) is 58.3 Å². The van der Waals surface area contributed by atoms with E-state index >= 15 is 0 Å². The quantitative estimate of drug-likeness (QED) is 0.475. The lowest BCUT2D eigenvalue weighted by Gasteiger charge is -2.09. The lowest BCUT2D eigenvalue weighted by molar-refractivity contribution is 0.478. The number of nitrogens with zero attached hydrogens (tertiary/aromatic N) is 7. The summed E-state index contributed by atoms with van der Waals surface area (Å²) in [4.78, 5) is 21.5. The zero-order valence-electron chi connectivity index (χ0n) is 14.7. The first kappa shape index (κ1) is 16.1. The Bertz CT molecular complexity index is 1470. The van der Waals surface area contributed by atoms with E-state index in [1.807, 2.05) is 30.3 Å². The molecule has 2 aromatic carbocycles. The number of aryl methyl sites for hydroxylation is 1. The molecule has 136 valence electrons. The fourth-order valence-electron chi connectivity index (χ4n) is 3.22. The maximum atomic E-state index is 12.7. The highest BCUT2D eigenvalue weighted by Gasteiger charge is 2.14. The molecule has 9 nitrogen and oxygen atoms in total. The van der Waals surface area contributed by atoms with Crippen LogP contribution in [0.4, 0.5) is 5.82 Å². The number of para-hydroxylation sites is 3. The molecule has 0 saturated carbocycles. The monoisotopic (exact) mass is 371 g/mol. The first-order valence-corrected chi connectivity index (χ1v) is 8.47. The molecule has 1 N–H and O–H groups in total. The normalized spacial score (nSPS) is 11.9. The Balaban J connectivity index is 1.74. The van der Waals surface area contributed by atoms with Crippen LogP contribution in [0.5, 0.6) is 5.75 Å². The lowest BCUT2D eigenvalue weighted by Crippen LogP contribution is -2.21. The predicted octanol–water partition coefficient (Wildman–Crippen LogP) is 1.98. The summed E-state index contributed by atoms with van der Waals surface area (Å²) in [7, 11) is 1.65. The minimum Gasteiger partial charge on any atom is -0.506 e. The fraction of sp³-hybridized carbons (Fsp3) is 0.0526. The van der Waals surface area contributed by atoms with Crippen LogP contribution in [-0.2, 0) is 7.05 Å². The van der Waals surface area contributed by atoms with E-state index in [1.165, 1.54) is 15.3 Å². The maximum Gasteiger partial charge on any atom is 0.263 e. The molecule has 5 aromatic rings. The molecule has 0 bridgehead atoms. The summed E-state index contributed by atoms with van der Waals surface area (Å²) in [6.45, 7) is 0. The summed E-state index contributed by atoms with van der Waals surface area (Å²) in [5.41, 5.74) is 2.09. The Kier molecular flexibility index (Phi) is 3.41. The third-order valence-electron chi connectivity index (χ3n) is 4.63. The van der Waals surface area contributed by atoms with Crippen LogP contribution >= 0.6 is 0 Å². The first-order valence-electron chi connectivity index (χ1n) is 8.47. The van der Waals surface area contributed by atoms with Crippen molar-refractivity contribution in [2.45, 2.75) is 0 Å². The van der Waals surface area contributed by atoms with Crippen molar-refractivity contribution < 1.29 is 5.11 Å². The largest absolute Gasteiger partial charge is 0.506 e. The molecule has 0 aliphatic heterocycles. The Morgan fingerprint density at radius 3 is 2.68 bits per heavy atom. The van der Waals surface area contributed by atoms with Gasteiger partial charge in [0.25, 0.3) is 5.56 Å². The molecule has 3 aromatic heterocycles. The summed E-state index contributed by atoms with van der Waals surface area (Å²) in [5.74, 6) is 0.122. The lowest BCUT2D eigenvalue weighted by atomic mass is 10.1.